The van der Waals surface area contributed by atoms with Crippen LogP contribution in [0.3, 0.4) is 0 Å². The Kier molecular flexibility index (Phi) is 8.66. The Morgan fingerprint density at radius 2 is 1.83 bits per heavy atom. The maximum Gasteiger partial charge on any atom is 0.404 e. The van der Waals surface area contributed by atoms with Gasteiger partial charge in [0, 0.05) is 12.6 Å². The zero-order chi connectivity index (χ0) is 26.6. The Balaban J connectivity index is 2.21. The van der Waals surface area contributed by atoms with Crippen LogP contribution in [0.1, 0.15) is 23.0 Å². The summed E-state index contributed by atoms with van der Waals surface area (Å²) in [5.74, 6) is -4.61. The highest BCUT2D eigenvalue weighted by Crippen LogP contribution is 2.30. The number of hydrogen-bond acceptors (Lipinski definition) is 12. The van der Waals surface area contributed by atoms with Crippen molar-refractivity contribution in [3.8, 4) is 0 Å². The number of aliphatic hydroxyl groups excluding tert-OH is 3. The predicted molar refractivity (Wildman–Crippen MR) is 108 cm³/mol. The molecule has 35 heavy (non-hydrogen) atoms. The van der Waals surface area contributed by atoms with Crippen LogP contribution in [0.2, 0.25) is 0 Å². The number of H-pyrrole nitrogens is 1. The van der Waals surface area contributed by atoms with Gasteiger partial charge in [-0.15, -0.1) is 0 Å². The average Bonchev–Trinajstić information content (AvgIpc) is 3.04. The standard InChI is InChI=1S/C17H23N5O13/c18-6(1-4(23)3-34-16(19)32)12(27)20-7(15(30)31)10-8(24)9(25)13(35-10)22-2-5(14(28)29)11(26)21-17(22)33/h2,4,6-10,13,23-25H,1,3,18H2,(H2,19,32)(H,20,27)(H,28,29)(H,30,31)(H,21,26,33)/t4-,6+,7+,8+,9-,10-,13-/m1/s1. The SMILES string of the molecule is NC(=O)OC[C@H](O)C[C@H](N)C(=O)N[C@H](C(=O)O)[C@H]1O[C@@H](n2cc(C(=O)O)c(=O)[nH]c2=O)[C@H](O)[C@@H]1O. The Morgan fingerprint density at radius 3 is 2.37 bits per heavy atom. The molecule has 0 bridgehead atoms. The number of primary amides is 1. The van der Waals surface area contributed by atoms with Crippen molar-refractivity contribution in [3.63, 3.8) is 0 Å². The summed E-state index contributed by atoms with van der Waals surface area (Å²) in [6, 6.07) is -3.57. The van der Waals surface area contributed by atoms with Crippen LogP contribution in [0.4, 0.5) is 4.79 Å². The van der Waals surface area contributed by atoms with Crippen LogP contribution < -0.4 is 28.0 Å². The molecule has 1 aromatic rings. The summed E-state index contributed by atoms with van der Waals surface area (Å²) in [6.07, 6.45) is -10.3. The number of carbonyl (C=O) groups excluding carboxylic acids is 2. The third-order valence-electron chi connectivity index (χ3n) is 4.92. The molecule has 1 aromatic heterocycles. The highest BCUT2D eigenvalue weighted by atomic mass is 16.6. The second-order valence-corrected chi connectivity index (χ2v) is 7.44. The molecular formula is C17H23N5O13. The number of hydrogen-bond donors (Lipinski definition) is 9. The van der Waals surface area contributed by atoms with E-state index < -0.39 is 96.5 Å². The molecule has 0 aromatic carbocycles. The topological polar surface area (TPSA) is 307 Å². The number of ether oxygens (including phenoxy) is 2. The van der Waals surface area contributed by atoms with Crippen molar-refractivity contribution in [2.24, 2.45) is 11.5 Å². The van der Waals surface area contributed by atoms with Gasteiger partial charge in [0.05, 0.1) is 12.1 Å². The lowest BCUT2D eigenvalue weighted by molar-refractivity contribution is -0.149. The van der Waals surface area contributed by atoms with Gasteiger partial charge in [-0.1, -0.05) is 0 Å². The lowest BCUT2D eigenvalue weighted by atomic mass is 10.0. The second kappa shape index (κ2) is 11.1. The summed E-state index contributed by atoms with van der Waals surface area (Å²) in [5.41, 5.74) is 6.95. The van der Waals surface area contributed by atoms with Crippen LogP contribution in [0.15, 0.2) is 15.8 Å². The number of aliphatic hydroxyl groups is 3. The molecule has 0 radical (unpaired) electrons. The molecule has 0 spiro atoms. The number of aromatic carboxylic acids is 1. The first-order valence-electron chi connectivity index (χ1n) is 9.74. The van der Waals surface area contributed by atoms with E-state index >= 15 is 0 Å². The first kappa shape index (κ1) is 27.4. The number of nitrogens with two attached hydrogens (primary N) is 2. The summed E-state index contributed by atoms with van der Waals surface area (Å²) < 4.78 is 10.0. The molecule has 1 aliphatic rings. The molecule has 1 saturated heterocycles. The summed E-state index contributed by atoms with van der Waals surface area (Å²) >= 11 is 0. The second-order valence-electron chi connectivity index (χ2n) is 7.44. The molecule has 7 atom stereocenters. The van der Waals surface area contributed by atoms with Crippen LogP contribution in [-0.4, -0.2) is 102 Å². The number of aromatic nitrogens is 2. The molecule has 1 fully saturated rings. The molecule has 1 aliphatic heterocycles. The molecular weight excluding hydrogens is 482 g/mol. The number of aromatic amines is 1. The van der Waals surface area contributed by atoms with Crippen molar-refractivity contribution in [2.75, 3.05) is 6.61 Å². The van der Waals surface area contributed by atoms with Gasteiger partial charge in [-0.25, -0.2) is 19.2 Å². The van der Waals surface area contributed by atoms with Gasteiger partial charge in [0.15, 0.2) is 12.3 Å². The van der Waals surface area contributed by atoms with Crippen molar-refractivity contribution in [1.29, 1.82) is 0 Å². The smallest absolute Gasteiger partial charge is 0.404 e. The number of nitrogens with zero attached hydrogens (tertiary/aromatic N) is 1. The molecule has 0 unspecified atom stereocenters. The minimum Gasteiger partial charge on any atom is -0.480 e. The molecule has 2 rings (SSSR count). The Morgan fingerprint density at radius 1 is 1.20 bits per heavy atom. The molecule has 18 nitrogen and oxygen atoms in total. The number of aliphatic carboxylic acids is 1. The zero-order valence-corrected chi connectivity index (χ0v) is 17.6. The number of carboxylic acid groups (broad SMARTS) is 2. The summed E-state index contributed by atoms with van der Waals surface area (Å²) in [6.45, 7) is -0.594. The number of amides is 2. The third kappa shape index (κ3) is 6.39. The van der Waals surface area contributed by atoms with Gasteiger partial charge >= 0.3 is 23.7 Å². The maximum atomic E-state index is 12.3. The summed E-state index contributed by atoms with van der Waals surface area (Å²) in [7, 11) is 0. The molecule has 0 aliphatic carbocycles. The van der Waals surface area contributed by atoms with Crippen molar-refractivity contribution >= 4 is 23.9 Å². The molecule has 18 heteroatoms. The van der Waals surface area contributed by atoms with Gasteiger partial charge < -0.3 is 51.8 Å². The molecule has 0 saturated carbocycles. The van der Waals surface area contributed by atoms with E-state index in [9.17, 15) is 49.2 Å². The fourth-order valence-electron chi connectivity index (χ4n) is 3.21. The molecule has 2 amide bonds. The predicted octanol–water partition coefficient (Wildman–Crippen LogP) is -5.40. The third-order valence-corrected chi connectivity index (χ3v) is 4.92. The van der Waals surface area contributed by atoms with Crippen molar-refractivity contribution in [3.05, 3.63) is 32.6 Å². The van der Waals surface area contributed by atoms with E-state index in [4.69, 9.17) is 21.3 Å². The average molecular weight is 505 g/mol. The summed E-state index contributed by atoms with van der Waals surface area (Å²) in [4.78, 5) is 71.2. The minimum absolute atomic E-state index is 0.431. The quantitative estimate of drug-likeness (QED) is 0.143. The van der Waals surface area contributed by atoms with Gasteiger partial charge in [-0.05, 0) is 0 Å². The van der Waals surface area contributed by atoms with Crippen LogP contribution >= 0.6 is 0 Å². The monoisotopic (exact) mass is 505 g/mol. The Labute approximate surface area is 193 Å². The van der Waals surface area contributed by atoms with Gasteiger partial charge in [-0.3, -0.25) is 19.1 Å². The van der Waals surface area contributed by atoms with Gasteiger partial charge in [-0.2, -0.15) is 0 Å². The number of rotatable bonds is 10. The fraction of sp³-hybridized carbons (Fsp3) is 0.529. The molecule has 2 heterocycles. The molecule has 194 valence electrons. The number of nitrogens with one attached hydrogen (secondary N) is 2. The van der Waals surface area contributed by atoms with E-state index in [-0.39, 0.29) is 0 Å². The van der Waals surface area contributed by atoms with Gasteiger partial charge in [0.25, 0.3) is 5.56 Å². The van der Waals surface area contributed by atoms with Gasteiger partial charge in [0.2, 0.25) is 5.91 Å². The van der Waals surface area contributed by atoms with Crippen LogP contribution in [0, 0.1) is 0 Å². The lowest BCUT2D eigenvalue weighted by Gasteiger charge is -2.25. The summed E-state index contributed by atoms with van der Waals surface area (Å²) in [5, 5.41) is 50.9. The Hall–Kier alpha value is -3.84. The largest absolute Gasteiger partial charge is 0.480 e. The van der Waals surface area contributed by atoms with Crippen molar-refractivity contribution < 1.29 is 54.2 Å². The van der Waals surface area contributed by atoms with E-state index in [0.717, 1.165) is 0 Å². The highest BCUT2D eigenvalue weighted by Gasteiger charge is 2.50. The lowest BCUT2D eigenvalue weighted by Crippen LogP contribution is -2.56. The first-order valence-corrected chi connectivity index (χ1v) is 9.74. The maximum absolute atomic E-state index is 12.3. The normalized spacial score (nSPS) is 24.2. The Bertz CT molecular complexity index is 1100. The van der Waals surface area contributed by atoms with Crippen molar-refractivity contribution in [2.45, 2.75) is 49.1 Å². The zero-order valence-electron chi connectivity index (χ0n) is 17.6. The van der Waals surface area contributed by atoms with Crippen LogP contribution in [0.25, 0.3) is 0 Å². The number of carboxylic acids is 2. The first-order chi connectivity index (χ1) is 16.2. The van der Waals surface area contributed by atoms with Crippen molar-refractivity contribution in [1.82, 2.24) is 14.9 Å². The van der Waals surface area contributed by atoms with E-state index in [1.165, 1.54) is 0 Å². The molecule has 11 N–H and O–H groups in total. The van der Waals surface area contributed by atoms with Gasteiger partial charge in [0.1, 0.15) is 30.5 Å². The fourth-order valence-corrected chi connectivity index (χ4v) is 3.21. The van der Waals surface area contributed by atoms with E-state index in [1.54, 1.807) is 4.98 Å². The highest BCUT2D eigenvalue weighted by molar-refractivity contribution is 5.87. The van der Waals surface area contributed by atoms with E-state index in [1.807, 2.05) is 5.32 Å². The van der Waals surface area contributed by atoms with Crippen LogP contribution in [0.5, 0.6) is 0 Å². The number of carbonyl (C=O) groups is 4. The van der Waals surface area contributed by atoms with Crippen LogP contribution in [-0.2, 0) is 19.1 Å². The minimum atomic E-state index is -2.04. The van der Waals surface area contributed by atoms with E-state index in [2.05, 4.69) is 4.74 Å². The van der Waals surface area contributed by atoms with E-state index in [0.29, 0.717) is 10.8 Å².